The molecule has 17 heavy (non-hydrogen) atoms. The zero-order chi connectivity index (χ0) is 13.1. The van der Waals surface area contributed by atoms with Gasteiger partial charge in [0.05, 0.1) is 0 Å². The molecule has 1 rings (SSSR count). The maximum Gasteiger partial charge on any atom is 0.224 e. The summed E-state index contributed by atoms with van der Waals surface area (Å²) >= 11 is 0. The summed E-state index contributed by atoms with van der Waals surface area (Å²) < 4.78 is 5.59. The van der Waals surface area contributed by atoms with Crippen LogP contribution in [0.4, 0.5) is 0 Å². The van der Waals surface area contributed by atoms with E-state index in [0.717, 1.165) is 11.5 Å². The second-order valence-electron chi connectivity index (χ2n) is 5.15. The molecule has 1 heterocycles. The Morgan fingerprint density at radius 3 is 2.65 bits per heavy atom. The number of amides is 1. The van der Waals surface area contributed by atoms with Gasteiger partial charge in [0.1, 0.15) is 11.5 Å². The number of carbonyl (C=O) groups excluding carboxylic acids is 1. The van der Waals surface area contributed by atoms with E-state index in [-0.39, 0.29) is 17.2 Å². The lowest BCUT2D eigenvalue weighted by molar-refractivity contribution is -0.124. The maximum absolute atomic E-state index is 11.6. The summed E-state index contributed by atoms with van der Waals surface area (Å²) in [6.45, 7) is 8.72. The molecule has 4 nitrogen and oxygen atoms in total. The quantitative estimate of drug-likeness (QED) is 0.818. The Labute approximate surface area is 103 Å². The Morgan fingerprint density at radius 2 is 2.18 bits per heavy atom. The van der Waals surface area contributed by atoms with Crippen LogP contribution in [0.25, 0.3) is 0 Å². The van der Waals surface area contributed by atoms with Gasteiger partial charge in [0.15, 0.2) is 0 Å². The van der Waals surface area contributed by atoms with Crippen molar-refractivity contribution in [1.82, 2.24) is 5.32 Å². The molecule has 0 aliphatic heterocycles. The minimum Gasteiger partial charge on any atom is -0.466 e. The number of rotatable bonds is 5. The van der Waals surface area contributed by atoms with Gasteiger partial charge in [-0.3, -0.25) is 4.79 Å². The molecule has 1 unspecified atom stereocenters. The van der Waals surface area contributed by atoms with E-state index in [1.54, 1.807) is 0 Å². The first kappa shape index (κ1) is 13.8. The standard InChI is InChI=1S/C13H22N2O2/c1-9(7-14)12(16)15-8-13(3,4)11-6-5-10(2)17-11/h5-6,9H,7-8,14H2,1-4H3,(H,15,16). The summed E-state index contributed by atoms with van der Waals surface area (Å²) in [4.78, 5) is 11.6. The largest absolute Gasteiger partial charge is 0.466 e. The number of furan rings is 1. The van der Waals surface area contributed by atoms with Crippen molar-refractivity contribution in [3.8, 4) is 0 Å². The van der Waals surface area contributed by atoms with Crippen LogP contribution in [0.2, 0.25) is 0 Å². The minimum absolute atomic E-state index is 0.0103. The third kappa shape index (κ3) is 3.60. The average molecular weight is 238 g/mol. The highest BCUT2D eigenvalue weighted by Crippen LogP contribution is 2.24. The van der Waals surface area contributed by atoms with Gasteiger partial charge in [0, 0.05) is 24.4 Å². The monoisotopic (exact) mass is 238 g/mol. The fourth-order valence-corrected chi connectivity index (χ4v) is 1.47. The Kier molecular flexibility index (Phi) is 4.34. The van der Waals surface area contributed by atoms with Crippen molar-refractivity contribution in [2.24, 2.45) is 11.7 Å². The molecule has 0 aliphatic rings. The van der Waals surface area contributed by atoms with Gasteiger partial charge in [-0.1, -0.05) is 20.8 Å². The summed E-state index contributed by atoms with van der Waals surface area (Å²) in [5, 5.41) is 2.90. The summed E-state index contributed by atoms with van der Waals surface area (Å²) in [7, 11) is 0. The Morgan fingerprint density at radius 1 is 1.53 bits per heavy atom. The van der Waals surface area contributed by atoms with Crippen LogP contribution < -0.4 is 11.1 Å². The number of carbonyl (C=O) groups is 1. The van der Waals surface area contributed by atoms with Gasteiger partial charge in [-0.15, -0.1) is 0 Å². The van der Waals surface area contributed by atoms with Crippen molar-refractivity contribution in [1.29, 1.82) is 0 Å². The van der Waals surface area contributed by atoms with Gasteiger partial charge in [-0.05, 0) is 19.1 Å². The smallest absolute Gasteiger partial charge is 0.224 e. The van der Waals surface area contributed by atoms with Gasteiger partial charge in [-0.25, -0.2) is 0 Å². The molecular weight excluding hydrogens is 216 g/mol. The van der Waals surface area contributed by atoms with E-state index in [2.05, 4.69) is 5.32 Å². The summed E-state index contributed by atoms with van der Waals surface area (Å²) in [5.74, 6) is 1.61. The van der Waals surface area contributed by atoms with Crippen molar-refractivity contribution < 1.29 is 9.21 Å². The normalized spacial score (nSPS) is 13.5. The number of nitrogens with two attached hydrogens (primary N) is 1. The zero-order valence-corrected chi connectivity index (χ0v) is 11.0. The molecule has 0 spiro atoms. The van der Waals surface area contributed by atoms with Gasteiger partial charge in [0.2, 0.25) is 5.91 Å². The molecule has 3 N–H and O–H groups in total. The molecule has 0 bridgehead atoms. The molecule has 96 valence electrons. The molecule has 0 aromatic carbocycles. The highest BCUT2D eigenvalue weighted by atomic mass is 16.3. The van der Waals surface area contributed by atoms with Gasteiger partial charge in [-0.2, -0.15) is 0 Å². The number of nitrogens with one attached hydrogen (secondary N) is 1. The fourth-order valence-electron chi connectivity index (χ4n) is 1.47. The van der Waals surface area contributed by atoms with Crippen LogP contribution in [0.5, 0.6) is 0 Å². The second-order valence-corrected chi connectivity index (χ2v) is 5.15. The van der Waals surface area contributed by atoms with E-state index in [9.17, 15) is 4.79 Å². The summed E-state index contributed by atoms with van der Waals surface area (Å²) in [6, 6.07) is 3.88. The molecule has 0 saturated carbocycles. The summed E-state index contributed by atoms with van der Waals surface area (Å²) in [6.07, 6.45) is 0. The number of hydrogen-bond donors (Lipinski definition) is 2. The Hall–Kier alpha value is -1.29. The SMILES string of the molecule is Cc1ccc(C(C)(C)CNC(=O)C(C)CN)o1. The predicted octanol–water partition coefficient (Wildman–Crippen LogP) is 1.58. The molecule has 0 radical (unpaired) electrons. The third-order valence-corrected chi connectivity index (χ3v) is 2.91. The summed E-state index contributed by atoms with van der Waals surface area (Å²) in [5.41, 5.74) is 5.24. The van der Waals surface area contributed by atoms with E-state index < -0.39 is 0 Å². The maximum atomic E-state index is 11.6. The van der Waals surface area contributed by atoms with E-state index >= 15 is 0 Å². The van der Waals surface area contributed by atoms with Gasteiger partial charge < -0.3 is 15.5 Å². The van der Waals surface area contributed by atoms with Crippen LogP contribution in [0, 0.1) is 12.8 Å². The Balaban J connectivity index is 2.59. The van der Waals surface area contributed by atoms with Crippen molar-refractivity contribution in [2.75, 3.05) is 13.1 Å². The first-order chi connectivity index (χ1) is 7.86. The van der Waals surface area contributed by atoms with Crippen LogP contribution in [0.1, 0.15) is 32.3 Å². The molecule has 1 atom stereocenters. The van der Waals surface area contributed by atoms with E-state index in [1.807, 2.05) is 39.8 Å². The fraction of sp³-hybridized carbons (Fsp3) is 0.615. The molecule has 0 saturated heterocycles. The molecule has 0 aliphatic carbocycles. The van der Waals surface area contributed by atoms with Crippen molar-refractivity contribution >= 4 is 5.91 Å². The topological polar surface area (TPSA) is 68.3 Å². The molecule has 4 heteroatoms. The van der Waals surface area contributed by atoms with Crippen LogP contribution >= 0.6 is 0 Å². The average Bonchev–Trinajstić information content (AvgIpc) is 2.72. The number of hydrogen-bond acceptors (Lipinski definition) is 3. The van der Waals surface area contributed by atoms with Crippen LogP contribution in [-0.4, -0.2) is 19.0 Å². The highest BCUT2D eigenvalue weighted by molar-refractivity contribution is 5.78. The first-order valence-corrected chi connectivity index (χ1v) is 5.91. The first-order valence-electron chi connectivity index (χ1n) is 5.91. The molecule has 1 aromatic heterocycles. The lowest BCUT2D eigenvalue weighted by atomic mass is 9.90. The van der Waals surface area contributed by atoms with Crippen molar-refractivity contribution in [2.45, 2.75) is 33.1 Å². The molecule has 1 aromatic rings. The van der Waals surface area contributed by atoms with Crippen molar-refractivity contribution in [3.63, 3.8) is 0 Å². The van der Waals surface area contributed by atoms with Gasteiger partial charge >= 0.3 is 0 Å². The van der Waals surface area contributed by atoms with Crippen LogP contribution in [0.3, 0.4) is 0 Å². The van der Waals surface area contributed by atoms with Crippen LogP contribution in [0.15, 0.2) is 16.5 Å². The zero-order valence-electron chi connectivity index (χ0n) is 11.0. The van der Waals surface area contributed by atoms with Gasteiger partial charge in [0.25, 0.3) is 0 Å². The second kappa shape index (κ2) is 5.36. The minimum atomic E-state index is -0.210. The predicted molar refractivity (Wildman–Crippen MR) is 67.7 cm³/mol. The van der Waals surface area contributed by atoms with Crippen LogP contribution in [-0.2, 0) is 10.2 Å². The van der Waals surface area contributed by atoms with E-state index in [4.69, 9.17) is 10.2 Å². The van der Waals surface area contributed by atoms with E-state index in [1.165, 1.54) is 0 Å². The van der Waals surface area contributed by atoms with E-state index in [0.29, 0.717) is 13.1 Å². The lowest BCUT2D eigenvalue weighted by Gasteiger charge is -2.23. The lowest BCUT2D eigenvalue weighted by Crippen LogP contribution is -2.40. The Bertz CT molecular complexity index is 383. The molecular formula is C13H22N2O2. The molecule has 0 fully saturated rings. The number of aryl methyl sites for hydroxylation is 1. The third-order valence-electron chi connectivity index (χ3n) is 2.91. The highest BCUT2D eigenvalue weighted by Gasteiger charge is 2.25. The van der Waals surface area contributed by atoms with Crippen molar-refractivity contribution in [3.05, 3.63) is 23.7 Å². The molecule has 1 amide bonds.